The molecule has 164 valence electrons. The minimum absolute atomic E-state index is 0.136. The van der Waals surface area contributed by atoms with Crippen molar-refractivity contribution in [2.45, 2.75) is 51.1 Å². The number of hydrogen-bond donors (Lipinski definition) is 2. The number of fused-ring (bicyclic) bond motifs is 1. The number of rotatable bonds is 4. The highest BCUT2D eigenvalue weighted by Crippen LogP contribution is 2.36. The van der Waals surface area contributed by atoms with E-state index in [2.05, 4.69) is 73.0 Å². The number of benzene rings is 2. The molecular weight excluding hydrogens is 452 g/mol. The Balaban J connectivity index is 1.16. The third kappa shape index (κ3) is 4.52. The van der Waals surface area contributed by atoms with Crippen molar-refractivity contribution in [3.8, 4) is 0 Å². The highest BCUT2D eigenvalue weighted by Gasteiger charge is 2.29. The van der Waals surface area contributed by atoms with Crippen LogP contribution in [0.3, 0.4) is 0 Å². The summed E-state index contributed by atoms with van der Waals surface area (Å²) >= 11 is 3.74. The fourth-order valence-corrected chi connectivity index (χ4v) is 6.10. The third-order valence-electron chi connectivity index (χ3n) is 7.33. The first-order valence-corrected chi connectivity index (χ1v) is 12.3. The van der Waals surface area contributed by atoms with Crippen molar-refractivity contribution >= 4 is 27.0 Å². The summed E-state index contributed by atoms with van der Waals surface area (Å²) in [5.41, 5.74) is 5.84. The molecule has 0 amide bonds. The second-order valence-corrected chi connectivity index (χ2v) is 10.1. The predicted octanol–water partition coefficient (Wildman–Crippen LogP) is 4.77. The zero-order valence-electron chi connectivity index (χ0n) is 18.2. The van der Waals surface area contributed by atoms with Crippen LogP contribution in [0.1, 0.15) is 48.3 Å². The average Bonchev–Trinajstić information content (AvgIpc) is 3.14. The molecule has 1 aromatic heterocycles. The first kappa shape index (κ1) is 21.0. The minimum Gasteiger partial charge on any atom is -0.306 e. The van der Waals surface area contributed by atoms with Gasteiger partial charge in [0.2, 0.25) is 0 Å². The van der Waals surface area contributed by atoms with Crippen molar-refractivity contribution in [3.63, 3.8) is 0 Å². The van der Waals surface area contributed by atoms with E-state index in [0.717, 1.165) is 28.1 Å². The second-order valence-electron chi connectivity index (χ2n) is 9.24. The molecule has 0 bridgehead atoms. The molecule has 2 N–H and O–H groups in total. The highest BCUT2D eigenvalue weighted by atomic mass is 79.9. The van der Waals surface area contributed by atoms with Gasteiger partial charge < -0.3 is 14.9 Å². The summed E-state index contributed by atoms with van der Waals surface area (Å²) in [6, 6.07) is 13.7. The quantitative estimate of drug-likeness (QED) is 0.562. The molecule has 2 aliphatic rings. The molecule has 6 heteroatoms. The van der Waals surface area contributed by atoms with E-state index >= 15 is 0 Å². The molecule has 2 fully saturated rings. The maximum absolute atomic E-state index is 11.6. The van der Waals surface area contributed by atoms with Gasteiger partial charge in [0.25, 0.3) is 0 Å². The molecule has 31 heavy (non-hydrogen) atoms. The average molecular weight is 483 g/mol. The summed E-state index contributed by atoms with van der Waals surface area (Å²) in [5.74, 6) is 0.551. The van der Waals surface area contributed by atoms with E-state index < -0.39 is 0 Å². The van der Waals surface area contributed by atoms with Crippen LogP contribution in [-0.4, -0.2) is 52.0 Å². The van der Waals surface area contributed by atoms with Crippen LogP contribution in [0.25, 0.3) is 11.0 Å². The lowest BCUT2D eigenvalue weighted by atomic mass is 9.87. The van der Waals surface area contributed by atoms with E-state index in [9.17, 15) is 4.79 Å². The number of halogens is 1. The Labute approximate surface area is 192 Å². The second kappa shape index (κ2) is 8.93. The fourth-order valence-electron chi connectivity index (χ4n) is 5.43. The number of nitrogens with zero attached hydrogens (tertiary/aromatic N) is 2. The van der Waals surface area contributed by atoms with Gasteiger partial charge in [0.15, 0.2) is 0 Å². The van der Waals surface area contributed by atoms with Crippen LogP contribution in [-0.2, 0) is 6.54 Å². The molecule has 0 aliphatic carbocycles. The van der Waals surface area contributed by atoms with Gasteiger partial charge in [-0.25, -0.2) is 4.79 Å². The van der Waals surface area contributed by atoms with Crippen LogP contribution in [0.4, 0.5) is 0 Å². The lowest BCUT2D eigenvalue weighted by Crippen LogP contribution is -2.47. The van der Waals surface area contributed by atoms with E-state index in [0.29, 0.717) is 5.92 Å². The number of aryl methyl sites for hydroxylation is 1. The van der Waals surface area contributed by atoms with Gasteiger partial charge in [0.1, 0.15) is 0 Å². The molecule has 5 rings (SSSR count). The van der Waals surface area contributed by atoms with E-state index in [1.807, 2.05) is 6.07 Å². The first-order valence-electron chi connectivity index (χ1n) is 11.5. The Kier molecular flexibility index (Phi) is 6.04. The monoisotopic (exact) mass is 482 g/mol. The summed E-state index contributed by atoms with van der Waals surface area (Å²) in [4.78, 5) is 22.7. The van der Waals surface area contributed by atoms with Crippen LogP contribution < -0.4 is 5.69 Å². The number of H-pyrrole nitrogens is 2. The van der Waals surface area contributed by atoms with E-state index in [4.69, 9.17) is 0 Å². The summed E-state index contributed by atoms with van der Waals surface area (Å²) < 4.78 is 1.11. The molecule has 3 heterocycles. The number of likely N-dealkylation sites (tertiary alicyclic amines) is 2. The van der Waals surface area contributed by atoms with Crippen molar-refractivity contribution < 1.29 is 0 Å². The summed E-state index contributed by atoms with van der Waals surface area (Å²) in [6.07, 6.45) is 4.91. The van der Waals surface area contributed by atoms with Gasteiger partial charge in [0, 0.05) is 17.1 Å². The van der Waals surface area contributed by atoms with Crippen LogP contribution in [0.15, 0.2) is 45.7 Å². The lowest BCUT2D eigenvalue weighted by Gasteiger charge is -2.42. The standard InChI is InChI=1S/C25H31BrN4O/c1-17-4-2-3-5-19(17)16-29-10-8-20(9-11-29)30-12-6-18(7-13-30)21-14-23-24(15-22(21)26)28-25(31)27-23/h2-5,14-15,18,20H,6-13,16H2,1H3,(H2,27,28,31). The molecule has 2 aliphatic heterocycles. The Bertz CT molecular complexity index is 1100. The van der Waals surface area contributed by atoms with Crippen molar-refractivity contribution in [3.05, 3.63) is 68.0 Å². The topological polar surface area (TPSA) is 55.1 Å². The van der Waals surface area contributed by atoms with Gasteiger partial charge in [-0.3, -0.25) is 4.90 Å². The Morgan fingerprint density at radius 1 is 0.968 bits per heavy atom. The molecule has 2 aromatic carbocycles. The van der Waals surface area contributed by atoms with Crippen LogP contribution in [0.5, 0.6) is 0 Å². The molecule has 2 saturated heterocycles. The summed E-state index contributed by atoms with van der Waals surface area (Å²) in [6.45, 7) is 8.03. The highest BCUT2D eigenvalue weighted by molar-refractivity contribution is 9.10. The van der Waals surface area contributed by atoms with Crippen LogP contribution >= 0.6 is 15.9 Å². The Morgan fingerprint density at radius 2 is 1.65 bits per heavy atom. The number of hydrogen-bond acceptors (Lipinski definition) is 3. The van der Waals surface area contributed by atoms with E-state index in [-0.39, 0.29) is 5.69 Å². The smallest absolute Gasteiger partial charge is 0.306 e. The predicted molar refractivity (Wildman–Crippen MR) is 130 cm³/mol. The SMILES string of the molecule is Cc1ccccc1CN1CCC(N2CCC(c3cc4[nH]c(=O)[nH]c4cc3Br)CC2)CC1. The molecule has 5 nitrogen and oxygen atoms in total. The molecule has 0 saturated carbocycles. The van der Waals surface area contributed by atoms with E-state index in [1.54, 1.807) is 0 Å². The number of piperidine rings is 2. The zero-order valence-corrected chi connectivity index (χ0v) is 19.7. The van der Waals surface area contributed by atoms with E-state index in [1.165, 1.54) is 68.6 Å². The zero-order chi connectivity index (χ0) is 21.4. The Hall–Kier alpha value is -1.89. The summed E-state index contributed by atoms with van der Waals surface area (Å²) in [7, 11) is 0. The van der Waals surface area contributed by atoms with Crippen molar-refractivity contribution in [2.75, 3.05) is 26.2 Å². The van der Waals surface area contributed by atoms with Crippen molar-refractivity contribution in [1.29, 1.82) is 0 Å². The van der Waals surface area contributed by atoms with Gasteiger partial charge in [-0.15, -0.1) is 0 Å². The van der Waals surface area contributed by atoms with Gasteiger partial charge in [0.05, 0.1) is 11.0 Å². The molecule has 0 radical (unpaired) electrons. The summed E-state index contributed by atoms with van der Waals surface area (Å²) in [5, 5.41) is 0. The van der Waals surface area contributed by atoms with Gasteiger partial charge >= 0.3 is 5.69 Å². The van der Waals surface area contributed by atoms with Crippen LogP contribution in [0, 0.1) is 6.92 Å². The fraction of sp³-hybridized carbons (Fsp3) is 0.480. The normalized spacial score (nSPS) is 19.9. The largest absolute Gasteiger partial charge is 0.323 e. The maximum atomic E-state index is 11.6. The number of aromatic amines is 2. The minimum atomic E-state index is -0.136. The third-order valence-corrected chi connectivity index (χ3v) is 8.02. The van der Waals surface area contributed by atoms with Crippen molar-refractivity contribution in [1.82, 2.24) is 19.8 Å². The first-order chi connectivity index (χ1) is 15.1. The number of aromatic nitrogens is 2. The number of nitrogens with one attached hydrogen (secondary N) is 2. The molecule has 0 atom stereocenters. The maximum Gasteiger partial charge on any atom is 0.323 e. The van der Waals surface area contributed by atoms with Crippen LogP contribution in [0.2, 0.25) is 0 Å². The van der Waals surface area contributed by atoms with Gasteiger partial charge in [-0.1, -0.05) is 40.2 Å². The van der Waals surface area contributed by atoms with Gasteiger partial charge in [-0.2, -0.15) is 0 Å². The lowest BCUT2D eigenvalue weighted by molar-refractivity contribution is 0.0844. The van der Waals surface area contributed by atoms with Crippen molar-refractivity contribution in [2.24, 2.45) is 0 Å². The molecule has 0 spiro atoms. The number of imidazole rings is 1. The molecular formula is C25H31BrN4O. The van der Waals surface area contributed by atoms with Gasteiger partial charge in [-0.05, 0) is 93.5 Å². The molecule has 0 unspecified atom stereocenters. The Morgan fingerprint density at radius 3 is 2.35 bits per heavy atom. The molecule has 3 aromatic rings.